The smallest absolute Gasteiger partial charge is 0.267 e. The maximum absolute atomic E-state index is 13.2. The van der Waals surface area contributed by atoms with E-state index in [1.54, 1.807) is 13.4 Å². The van der Waals surface area contributed by atoms with Crippen LogP contribution in [0, 0.1) is 0 Å². The van der Waals surface area contributed by atoms with Crippen molar-refractivity contribution in [2.75, 3.05) is 39.8 Å². The van der Waals surface area contributed by atoms with E-state index in [1.807, 2.05) is 42.5 Å². The molecule has 0 radical (unpaired) electrons. The van der Waals surface area contributed by atoms with E-state index in [0.717, 1.165) is 80.3 Å². The molecule has 1 amide bonds. The molecule has 9 nitrogen and oxygen atoms in total. The van der Waals surface area contributed by atoms with Crippen LogP contribution < -0.4 is 14.8 Å². The zero-order valence-electron chi connectivity index (χ0n) is 24.3. The lowest BCUT2D eigenvalue weighted by atomic mass is 10.0. The number of halogens is 1. The van der Waals surface area contributed by atoms with Gasteiger partial charge in [0.1, 0.15) is 18.1 Å². The Morgan fingerprint density at radius 3 is 2.57 bits per heavy atom. The Labute approximate surface area is 252 Å². The van der Waals surface area contributed by atoms with Gasteiger partial charge in [-0.15, -0.1) is 12.4 Å². The molecule has 3 N–H and O–H groups in total. The molecule has 10 heteroatoms. The molecular weight excluding hydrogens is 556 g/mol. The van der Waals surface area contributed by atoms with E-state index >= 15 is 0 Å². The van der Waals surface area contributed by atoms with E-state index in [1.165, 1.54) is 0 Å². The van der Waals surface area contributed by atoms with Crippen LogP contribution in [0.25, 0.3) is 21.9 Å². The lowest BCUT2D eigenvalue weighted by molar-refractivity contribution is 0.0497. The first kappa shape index (κ1) is 30.2. The molecule has 42 heavy (non-hydrogen) atoms. The third-order valence-corrected chi connectivity index (χ3v) is 8.68. The number of amides is 1. The number of nitrogens with zero attached hydrogens (tertiary/aromatic N) is 2. The third kappa shape index (κ3) is 6.54. The second-order valence-electron chi connectivity index (χ2n) is 11.5. The molecule has 4 heterocycles. The van der Waals surface area contributed by atoms with Gasteiger partial charge in [-0.1, -0.05) is 18.2 Å². The maximum Gasteiger partial charge on any atom is 0.267 e. The lowest BCUT2D eigenvalue weighted by Gasteiger charge is -2.39. The fourth-order valence-electron chi connectivity index (χ4n) is 6.23. The summed E-state index contributed by atoms with van der Waals surface area (Å²) in [6.45, 7) is 7.56. The van der Waals surface area contributed by atoms with E-state index < -0.39 is 0 Å². The number of carbonyl (C=O) groups is 1. The van der Waals surface area contributed by atoms with Gasteiger partial charge in [0.25, 0.3) is 5.91 Å². The van der Waals surface area contributed by atoms with Gasteiger partial charge in [-0.2, -0.15) is 0 Å². The first-order chi connectivity index (χ1) is 20.0. The van der Waals surface area contributed by atoms with Crippen molar-refractivity contribution in [1.82, 2.24) is 20.1 Å². The molecule has 0 unspecified atom stereocenters. The largest absolute Gasteiger partial charge is 0.493 e. The highest BCUT2D eigenvalue weighted by Gasteiger charge is 2.26. The van der Waals surface area contributed by atoms with E-state index in [0.29, 0.717) is 35.4 Å². The Balaban J connectivity index is 0.00000353. The number of aliphatic hydroxyl groups is 1. The van der Waals surface area contributed by atoms with Gasteiger partial charge in [0.15, 0.2) is 11.3 Å². The van der Waals surface area contributed by atoms with Gasteiger partial charge >= 0.3 is 0 Å². The van der Waals surface area contributed by atoms with Crippen molar-refractivity contribution in [1.29, 1.82) is 0 Å². The number of benzene rings is 2. The number of rotatable bonds is 9. The first-order valence-corrected chi connectivity index (χ1v) is 14.7. The van der Waals surface area contributed by atoms with Gasteiger partial charge in [0.2, 0.25) is 0 Å². The Morgan fingerprint density at radius 1 is 1.07 bits per heavy atom. The Morgan fingerprint density at radius 2 is 1.81 bits per heavy atom. The Bertz CT molecular complexity index is 1490. The number of ether oxygens (including phenoxy) is 2. The van der Waals surface area contributed by atoms with Crippen LogP contribution in [-0.4, -0.2) is 83.8 Å². The average molecular weight is 597 g/mol. The van der Waals surface area contributed by atoms with Crippen LogP contribution in [0.5, 0.6) is 11.5 Å². The van der Waals surface area contributed by atoms with Gasteiger partial charge in [-0.25, -0.2) is 0 Å². The second-order valence-corrected chi connectivity index (χ2v) is 11.5. The molecule has 2 aromatic carbocycles. The summed E-state index contributed by atoms with van der Waals surface area (Å²) >= 11 is 0. The predicted octanol–water partition coefficient (Wildman–Crippen LogP) is 4.96. The van der Waals surface area contributed by atoms with E-state index in [2.05, 4.69) is 27.0 Å². The normalized spacial score (nSPS) is 18.2. The van der Waals surface area contributed by atoms with Gasteiger partial charge in [-0.05, 0) is 56.9 Å². The van der Waals surface area contributed by atoms with Crippen LogP contribution in [0.4, 0.5) is 0 Å². The van der Waals surface area contributed by atoms with Gasteiger partial charge in [-0.3, -0.25) is 9.69 Å². The molecule has 2 fully saturated rings. The number of para-hydroxylation sites is 1. The molecule has 1 atom stereocenters. The average Bonchev–Trinajstić information content (AvgIpc) is 3.62. The van der Waals surface area contributed by atoms with Crippen molar-refractivity contribution in [3.05, 3.63) is 60.0 Å². The molecule has 2 aromatic heterocycles. The minimum Gasteiger partial charge on any atom is -0.493 e. The number of carbonyl (C=O) groups excluding carboxylic acids is 1. The molecule has 2 aliphatic heterocycles. The number of furan rings is 1. The molecular formula is C32H41ClN4O5. The number of aromatic nitrogens is 1. The summed E-state index contributed by atoms with van der Waals surface area (Å²) in [6.07, 6.45) is 5.19. The molecule has 226 valence electrons. The van der Waals surface area contributed by atoms with Crippen molar-refractivity contribution in [2.45, 2.75) is 57.4 Å². The fraction of sp³-hybridized carbons (Fsp3) is 0.469. The van der Waals surface area contributed by atoms with Crippen LogP contribution in [0.2, 0.25) is 0 Å². The highest BCUT2D eigenvalue weighted by Crippen LogP contribution is 2.32. The minimum absolute atomic E-state index is 0. The molecule has 2 saturated heterocycles. The molecule has 2 aliphatic rings. The number of H-pyrrole nitrogens is 1. The number of hydrogen-bond donors (Lipinski definition) is 3. The highest BCUT2D eigenvalue weighted by atomic mass is 35.5. The summed E-state index contributed by atoms with van der Waals surface area (Å²) in [7, 11) is 1.63. The zero-order chi connectivity index (χ0) is 28.3. The van der Waals surface area contributed by atoms with E-state index in [9.17, 15) is 9.90 Å². The summed E-state index contributed by atoms with van der Waals surface area (Å²) in [5, 5.41) is 14.9. The number of methoxy groups -OCH3 is 1. The molecule has 0 spiro atoms. The quantitative estimate of drug-likeness (QED) is 0.251. The Hall–Kier alpha value is -3.24. The summed E-state index contributed by atoms with van der Waals surface area (Å²) in [5.41, 5.74) is 3.04. The fourth-order valence-corrected chi connectivity index (χ4v) is 6.23. The van der Waals surface area contributed by atoms with Crippen molar-refractivity contribution in [2.24, 2.45) is 0 Å². The second kappa shape index (κ2) is 13.4. The van der Waals surface area contributed by atoms with Crippen LogP contribution in [-0.2, 0) is 6.61 Å². The molecule has 0 saturated carbocycles. The number of piperidine rings is 2. The molecule has 0 bridgehead atoms. The summed E-state index contributed by atoms with van der Waals surface area (Å²) in [4.78, 5) is 21.5. The van der Waals surface area contributed by atoms with Crippen molar-refractivity contribution in [3.8, 4) is 11.5 Å². The lowest BCUT2D eigenvalue weighted by Crippen LogP contribution is -2.50. The topological polar surface area (TPSA) is 103 Å². The monoisotopic (exact) mass is 596 g/mol. The number of nitrogens with one attached hydrogen (secondary N) is 2. The maximum atomic E-state index is 13.2. The SMILES string of the molecule is COc1cccc2c(COc3cccc4[nH]c(C(=O)NC5CCN(C[C@H](C)N6CCC(O)CC6)CC5)cc34)coc12.Cl. The molecule has 0 aliphatic carbocycles. The van der Waals surface area contributed by atoms with E-state index in [4.69, 9.17) is 13.9 Å². The number of aromatic amines is 1. The predicted molar refractivity (Wildman–Crippen MR) is 166 cm³/mol. The Kier molecular flexibility index (Phi) is 9.63. The number of likely N-dealkylation sites (tertiary alicyclic amines) is 2. The first-order valence-electron chi connectivity index (χ1n) is 14.7. The van der Waals surface area contributed by atoms with Crippen LogP contribution in [0.3, 0.4) is 0 Å². The van der Waals surface area contributed by atoms with Crippen molar-refractivity contribution in [3.63, 3.8) is 0 Å². The summed E-state index contributed by atoms with van der Waals surface area (Å²) in [5.74, 6) is 1.32. The number of fused-ring (bicyclic) bond motifs is 2. The van der Waals surface area contributed by atoms with Gasteiger partial charge < -0.3 is 34.2 Å². The summed E-state index contributed by atoms with van der Waals surface area (Å²) < 4.78 is 17.3. The molecule has 6 rings (SSSR count). The van der Waals surface area contributed by atoms with E-state index in [-0.39, 0.29) is 30.5 Å². The minimum atomic E-state index is -0.137. The standard InChI is InChI=1S/C32H40N4O5.ClH/c1-21(36-15-11-24(37)12-16-36)18-35-13-9-23(10-14-35)33-32(38)28-17-26-27(34-28)6-4-7-29(26)40-19-22-20-41-31-25(22)5-3-8-30(31)39-2;/h3-8,17,20-21,23-24,34,37H,9-16,18-19H2,1-2H3,(H,33,38);1H/t21-;/m0./s1. The third-order valence-electron chi connectivity index (χ3n) is 8.68. The van der Waals surface area contributed by atoms with Crippen LogP contribution in [0.1, 0.15) is 48.7 Å². The summed E-state index contributed by atoms with van der Waals surface area (Å²) in [6, 6.07) is 14.1. The highest BCUT2D eigenvalue weighted by molar-refractivity contribution is 5.99. The number of hydrogen-bond acceptors (Lipinski definition) is 7. The van der Waals surface area contributed by atoms with Gasteiger partial charge in [0.05, 0.1) is 19.5 Å². The van der Waals surface area contributed by atoms with Crippen molar-refractivity contribution >= 4 is 40.2 Å². The van der Waals surface area contributed by atoms with Crippen LogP contribution >= 0.6 is 12.4 Å². The van der Waals surface area contributed by atoms with Gasteiger partial charge in [0, 0.05) is 66.7 Å². The number of aliphatic hydroxyl groups excluding tert-OH is 1. The molecule has 4 aromatic rings. The zero-order valence-corrected chi connectivity index (χ0v) is 25.1. The van der Waals surface area contributed by atoms with Crippen LogP contribution in [0.15, 0.2) is 53.1 Å². The van der Waals surface area contributed by atoms with Crippen molar-refractivity contribution < 1.29 is 23.8 Å².